The molecule has 2 aromatic carbocycles. The molecule has 0 aliphatic carbocycles. The molecule has 0 unspecified atom stereocenters. The number of halogens is 3. The number of carbonyl (C=O) groups is 1. The minimum absolute atomic E-state index is 0.0878. The first-order valence-corrected chi connectivity index (χ1v) is 8.96. The van der Waals surface area contributed by atoms with Gasteiger partial charge in [0.15, 0.2) is 0 Å². The summed E-state index contributed by atoms with van der Waals surface area (Å²) in [6, 6.07) is 9.37. The number of carbonyl (C=O) groups excluding carboxylic acids is 1. The lowest BCUT2D eigenvalue weighted by molar-refractivity contribution is -0.116. The number of aryl methyl sites for hydroxylation is 2. The zero-order chi connectivity index (χ0) is 20.5. The average molecular weight is 398 g/mol. The van der Waals surface area contributed by atoms with Crippen molar-refractivity contribution in [2.75, 3.05) is 5.32 Å². The van der Waals surface area contributed by atoms with E-state index in [1.165, 1.54) is 22.9 Å². The van der Waals surface area contributed by atoms with Gasteiger partial charge >= 0.3 is 0 Å². The third-order valence-corrected chi connectivity index (χ3v) is 4.76. The van der Waals surface area contributed by atoms with Gasteiger partial charge in [-0.1, -0.05) is 0 Å². The summed E-state index contributed by atoms with van der Waals surface area (Å²) in [7, 11) is 1.70. The van der Waals surface area contributed by atoms with Crippen LogP contribution in [0.3, 0.4) is 0 Å². The highest BCUT2D eigenvalue weighted by Gasteiger charge is 2.18. The molecule has 0 saturated carbocycles. The highest BCUT2D eigenvalue weighted by molar-refractivity contribution is 5.93. The highest BCUT2D eigenvalue weighted by Crippen LogP contribution is 2.33. The second-order valence-electron chi connectivity index (χ2n) is 6.68. The molecule has 0 aliphatic rings. The molecule has 4 aromatic rings. The van der Waals surface area contributed by atoms with Crippen molar-refractivity contribution in [3.8, 4) is 11.3 Å². The highest BCUT2D eigenvalue weighted by atomic mass is 19.1. The lowest BCUT2D eigenvalue weighted by atomic mass is 10.0. The van der Waals surface area contributed by atoms with E-state index in [0.29, 0.717) is 28.0 Å². The van der Waals surface area contributed by atoms with Gasteiger partial charge in [0, 0.05) is 36.7 Å². The number of H-pyrrole nitrogens is 1. The van der Waals surface area contributed by atoms with Crippen LogP contribution in [0, 0.1) is 17.5 Å². The third kappa shape index (κ3) is 3.73. The second kappa shape index (κ2) is 7.46. The summed E-state index contributed by atoms with van der Waals surface area (Å²) in [6.45, 7) is 0. The van der Waals surface area contributed by atoms with Crippen molar-refractivity contribution in [1.82, 2.24) is 14.8 Å². The fraction of sp³-hybridized carbons (Fsp3) is 0.143. The Morgan fingerprint density at radius 3 is 2.55 bits per heavy atom. The van der Waals surface area contributed by atoms with Gasteiger partial charge in [0.1, 0.15) is 23.3 Å². The van der Waals surface area contributed by atoms with Crippen LogP contribution in [0.2, 0.25) is 0 Å². The maximum atomic E-state index is 14.3. The smallest absolute Gasteiger partial charge is 0.225 e. The van der Waals surface area contributed by atoms with E-state index in [0.717, 1.165) is 6.07 Å². The molecule has 0 fully saturated rings. The normalized spacial score (nSPS) is 11.2. The largest absolute Gasteiger partial charge is 0.352 e. The molecule has 0 aliphatic heterocycles. The topological polar surface area (TPSA) is 62.7 Å². The summed E-state index contributed by atoms with van der Waals surface area (Å²) in [4.78, 5) is 15.3. The van der Waals surface area contributed by atoms with Gasteiger partial charge in [-0.3, -0.25) is 9.48 Å². The number of hydrogen-bond donors (Lipinski definition) is 2. The molecule has 2 N–H and O–H groups in total. The molecule has 5 nitrogen and oxygen atoms in total. The van der Waals surface area contributed by atoms with E-state index in [2.05, 4.69) is 15.4 Å². The number of fused-ring (bicyclic) bond motifs is 1. The lowest BCUT2D eigenvalue weighted by Crippen LogP contribution is -2.15. The predicted molar refractivity (Wildman–Crippen MR) is 104 cm³/mol. The van der Waals surface area contributed by atoms with E-state index in [9.17, 15) is 18.0 Å². The summed E-state index contributed by atoms with van der Waals surface area (Å²) in [5.74, 6) is -1.55. The van der Waals surface area contributed by atoms with Gasteiger partial charge in [-0.15, -0.1) is 0 Å². The zero-order valence-electron chi connectivity index (χ0n) is 15.5. The lowest BCUT2D eigenvalue weighted by Gasteiger charge is -2.07. The Hall–Kier alpha value is -3.55. The molecule has 0 radical (unpaired) electrons. The van der Waals surface area contributed by atoms with Crippen molar-refractivity contribution in [3.63, 3.8) is 0 Å². The van der Waals surface area contributed by atoms with Crippen molar-refractivity contribution in [2.45, 2.75) is 12.8 Å². The van der Waals surface area contributed by atoms with E-state index in [1.54, 1.807) is 31.4 Å². The second-order valence-corrected chi connectivity index (χ2v) is 6.68. The number of hydrogen-bond acceptors (Lipinski definition) is 2. The summed E-state index contributed by atoms with van der Waals surface area (Å²) >= 11 is 0. The molecular weight excluding hydrogens is 381 g/mol. The SMILES string of the molecule is Cn1nccc1NC(=O)CCc1c(-c2ccc(F)cc2)[nH]c2c(F)cc(F)cc12. The molecule has 2 aromatic heterocycles. The van der Waals surface area contributed by atoms with E-state index in [1.807, 2.05) is 0 Å². The molecule has 0 saturated heterocycles. The van der Waals surface area contributed by atoms with E-state index >= 15 is 0 Å². The van der Waals surface area contributed by atoms with Crippen LogP contribution in [-0.2, 0) is 18.3 Å². The number of benzene rings is 2. The molecule has 0 atom stereocenters. The van der Waals surface area contributed by atoms with Gasteiger partial charge in [0.05, 0.1) is 11.7 Å². The van der Waals surface area contributed by atoms with Crippen LogP contribution in [-0.4, -0.2) is 20.7 Å². The van der Waals surface area contributed by atoms with E-state index in [4.69, 9.17) is 0 Å². The fourth-order valence-electron chi connectivity index (χ4n) is 3.34. The Morgan fingerprint density at radius 1 is 1.10 bits per heavy atom. The maximum absolute atomic E-state index is 14.3. The van der Waals surface area contributed by atoms with Crippen molar-refractivity contribution >= 4 is 22.6 Å². The van der Waals surface area contributed by atoms with Crippen LogP contribution < -0.4 is 5.32 Å². The van der Waals surface area contributed by atoms with E-state index < -0.39 is 17.5 Å². The number of nitrogens with zero attached hydrogens (tertiary/aromatic N) is 2. The Kier molecular flexibility index (Phi) is 4.84. The number of aromatic amines is 1. The fourth-order valence-corrected chi connectivity index (χ4v) is 3.34. The molecule has 0 bridgehead atoms. The number of nitrogens with one attached hydrogen (secondary N) is 2. The van der Waals surface area contributed by atoms with Gasteiger partial charge in [-0.05, 0) is 47.9 Å². The zero-order valence-corrected chi connectivity index (χ0v) is 15.5. The van der Waals surface area contributed by atoms with Gasteiger partial charge in [0.25, 0.3) is 0 Å². The third-order valence-electron chi connectivity index (χ3n) is 4.76. The molecule has 4 rings (SSSR count). The molecule has 8 heteroatoms. The quantitative estimate of drug-likeness (QED) is 0.518. The van der Waals surface area contributed by atoms with Crippen LogP contribution in [0.25, 0.3) is 22.2 Å². The van der Waals surface area contributed by atoms with Crippen molar-refractivity contribution in [2.24, 2.45) is 7.05 Å². The molecule has 148 valence electrons. The first kappa shape index (κ1) is 18.8. The minimum atomic E-state index is -0.728. The van der Waals surface area contributed by atoms with Crippen LogP contribution in [0.1, 0.15) is 12.0 Å². The maximum Gasteiger partial charge on any atom is 0.225 e. The molecule has 1 amide bonds. The molecule has 2 heterocycles. The summed E-state index contributed by atoms with van der Waals surface area (Å²) in [6.07, 6.45) is 1.89. The molecule has 29 heavy (non-hydrogen) atoms. The Morgan fingerprint density at radius 2 is 1.86 bits per heavy atom. The Balaban J connectivity index is 1.69. The number of aromatic nitrogens is 3. The summed E-state index contributed by atoms with van der Waals surface area (Å²) < 4.78 is 43.0. The number of amides is 1. The first-order chi connectivity index (χ1) is 13.9. The van der Waals surface area contributed by atoms with Crippen molar-refractivity contribution in [1.29, 1.82) is 0 Å². The van der Waals surface area contributed by atoms with Crippen LogP contribution in [0.4, 0.5) is 19.0 Å². The average Bonchev–Trinajstić information content (AvgIpc) is 3.24. The van der Waals surface area contributed by atoms with Gasteiger partial charge in [-0.2, -0.15) is 5.10 Å². The number of rotatable bonds is 5. The van der Waals surface area contributed by atoms with Gasteiger partial charge < -0.3 is 10.3 Å². The molecule has 0 spiro atoms. The van der Waals surface area contributed by atoms with Gasteiger partial charge in [0.2, 0.25) is 5.91 Å². The van der Waals surface area contributed by atoms with Crippen LogP contribution in [0.5, 0.6) is 0 Å². The number of anilines is 1. The summed E-state index contributed by atoms with van der Waals surface area (Å²) in [5, 5.41) is 7.08. The van der Waals surface area contributed by atoms with Gasteiger partial charge in [-0.25, -0.2) is 13.2 Å². The van der Waals surface area contributed by atoms with Crippen molar-refractivity contribution < 1.29 is 18.0 Å². The minimum Gasteiger partial charge on any atom is -0.352 e. The van der Waals surface area contributed by atoms with Crippen molar-refractivity contribution in [3.05, 3.63) is 71.7 Å². The predicted octanol–water partition coefficient (Wildman–Crippen LogP) is 4.56. The van der Waals surface area contributed by atoms with Crippen LogP contribution in [0.15, 0.2) is 48.7 Å². The monoisotopic (exact) mass is 398 g/mol. The first-order valence-electron chi connectivity index (χ1n) is 8.96. The molecular formula is C21H17F3N4O. The Labute approximate surface area is 164 Å². The Bertz CT molecular complexity index is 1190. The summed E-state index contributed by atoms with van der Waals surface area (Å²) in [5.41, 5.74) is 1.88. The van der Waals surface area contributed by atoms with E-state index in [-0.39, 0.29) is 24.3 Å². The standard InChI is InChI=1S/C21H17F3N4O/c1-28-18(8-9-25-28)26-19(29)7-6-15-16-10-14(23)11-17(24)21(16)27-20(15)12-2-4-13(22)5-3-12/h2-5,8-11,27H,6-7H2,1H3,(H,26,29). The van der Waals surface area contributed by atoms with Crippen LogP contribution >= 0.6 is 0 Å².